The third-order valence-electron chi connectivity index (χ3n) is 4.78. The summed E-state index contributed by atoms with van der Waals surface area (Å²) in [7, 11) is 0. The highest BCUT2D eigenvalue weighted by atomic mass is 35.5. The number of hydrogen-bond donors (Lipinski definition) is 2. The van der Waals surface area contributed by atoms with Crippen molar-refractivity contribution in [2.45, 2.75) is 25.7 Å². The van der Waals surface area contributed by atoms with Gasteiger partial charge in [-0.25, -0.2) is 4.79 Å². The van der Waals surface area contributed by atoms with Crippen molar-refractivity contribution in [2.75, 3.05) is 25.0 Å². The molecule has 0 unspecified atom stereocenters. The van der Waals surface area contributed by atoms with Crippen LogP contribution in [-0.4, -0.2) is 36.5 Å². The highest BCUT2D eigenvalue weighted by molar-refractivity contribution is 6.33. The van der Waals surface area contributed by atoms with Crippen LogP contribution in [0.2, 0.25) is 5.02 Å². The van der Waals surface area contributed by atoms with Gasteiger partial charge in [0.25, 0.3) is 5.91 Å². The van der Waals surface area contributed by atoms with Crippen LogP contribution >= 0.6 is 11.6 Å². The van der Waals surface area contributed by atoms with Crippen LogP contribution in [0.1, 0.15) is 41.6 Å². The molecule has 0 spiro atoms. The molecule has 1 heterocycles. The monoisotopic (exact) mass is 385 g/mol. The van der Waals surface area contributed by atoms with Crippen LogP contribution in [0, 0.1) is 0 Å². The summed E-state index contributed by atoms with van der Waals surface area (Å²) in [5.41, 5.74) is 2.26. The zero-order valence-electron chi connectivity index (χ0n) is 15.4. The molecule has 1 atom stereocenters. The van der Waals surface area contributed by atoms with Crippen molar-refractivity contribution >= 4 is 29.2 Å². The number of hydrogen-bond acceptors (Lipinski definition) is 2. The van der Waals surface area contributed by atoms with E-state index in [1.165, 1.54) is 0 Å². The number of anilines is 1. The number of carbonyl (C=O) groups is 2. The van der Waals surface area contributed by atoms with E-state index in [9.17, 15) is 9.59 Å². The number of benzene rings is 2. The van der Waals surface area contributed by atoms with Gasteiger partial charge < -0.3 is 15.5 Å². The fraction of sp³-hybridized carbons (Fsp3) is 0.333. The highest BCUT2D eigenvalue weighted by Gasteiger charge is 2.25. The molecule has 6 heteroatoms. The van der Waals surface area contributed by atoms with Crippen molar-refractivity contribution in [1.29, 1.82) is 0 Å². The molecule has 3 amide bonds. The van der Waals surface area contributed by atoms with E-state index in [-0.39, 0.29) is 17.9 Å². The number of nitrogens with one attached hydrogen (secondary N) is 2. The maximum atomic E-state index is 12.6. The van der Waals surface area contributed by atoms with Gasteiger partial charge in [-0.1, -0.05) is 35.9 Å². The molecular weight excluding hydrogens is 362 g/mol. The molecule has 0 saturated carbocycles. The lowest BCUT2D eigenvalue weighted by Gasteiger charge is -2.33. The fourth-order valence-corrected chi connectivity index (χ4v) is 3.57. The van der Waals surface area contributed by atoms with Crippen molar-refractivity contribution < 1.29 is 9.59 Å². The maximum Gasteiger partial charge on any atom is 0.317 e. The lowest BCUT2D eigenvalue weighted by atomic mass is 9.89. The van der Waals surface area contributed by atoms with Gasteiger partial charge in [0.1, 0.15) is 0 Å². The Morgan fingerprint density at radius 1 is 1.19 bits per heavy atom. The Labute approximate surface area is 164 Å². The molecule has 0 aromatic heterocycles. The molecule has 1 aliphatic rings. The van der Waals surface area contributed by atoms with Gasteiger partial charge in [0.15, 0.2) is 0 Å². The van der Waals surface area contributed by atoms with Gasteiger partial charge in [-0.2, -0.15) is 0 Å². The summed E-state index contributed by atoms with van der Waals surface area (Å²) in [6.07, 6.45) is 1.96. The Hall–Kier alpha value is -2.53. The largest absolute Gasteiger partial charge is 0.338 e. The number of carbonyl (C=O) groups excluding carboxylic acids is 2. The third kappa shape index (κ3) is 4.80. The molecule has 1 aliphatic heterocycles. The first-order chi connectivity index (χ1) is 13.1. The lowest BCUT2D eigenvalue weighted by Crippen LogP contribution is -2.44. The minimum Gasteiger partial charge on any atom is -0.338 e. The van der Waals surface area contributed by atoms with Gasteiger partial charge in [-0.3, -0.25) is 4.79 Å². The van der Waals surface area contributed by atoms with Crippen molar-refractivity contribution in [3.05, 3.63) is 64.7 Å². The lowest BCUT2D eigenvalue weighted by molar-refractivity contribution is 0.102. The Bertz CT molecular complexity index is 825. The van der Waals surface area contributed by atoms with E-state index in [1.54, 1.807) is 18.2 Å². The van der Waals surface area contributed by atoms with Crippen LogP contribution in [0.5, 0.6) is 0 Å². The van der Waals surface area contributed by atoms with E-state index < -0.39 is 0 Å². The van der Waals surface area contributed by atoms with Crippen LogP contribution in [0.4, 0.5) is 10.5 Å². The normalized spacial score (nSPS) is 16.7. The summed E-state index contributed by atoms with van der Waals surface area (Å²) in [5.74, 6) is 0.0377. The predicted octanol–water partition coefficient (Wildman–Crippen LogP) is 4.50. The van der Waals surface area contributed by atoms with Gasteiger partial charge in [0.05, 0.1) is 10.7 Å². The van der Waals surface area contributed by atoms with Crippen molar-refractivity contribution in [1.82, 2.24) is 10.2 Å². The Morgan fingerprint density at radius 2 is 2.00 bits per heavy atom. The van der Waals surface area contributed by atoms with Gasteiger partial charge in [-0.05, 0) is 49.6 Å². The van der Waals surface area contributed by atoms with E-state index in [4.69, 9.17) is 11.6 Å². The van der Waals surface area contributed by atoms with Crippen LogP contribution in [0.25, 0.3) is 0 Å². The first-order valence-electron chi connectivity index (χ1n) is 9.27. The molecule has 27 heavy (non-hydrogen) atoms. The smallest absolute Gasteiger partial charge is 0.317 e. The minimum atomic E-state index is -0.193. The molecular formula is C21H24ClN3O2. The average molecular weight is 386 g/mol. The number of urea groups is 1. The number of amides is 3. The minimum absolute atomic E-state index is 0.0187. The molecule has 1 saturated heterocycles. The van der Waals surface area contributed by atoms with Gasteiger partial charge >= 0.3 is 6.03 Å². The highest BCUT2D eigenvalue weighted by Crippen LogP contribution is 2.28. The summed E-state index contributed by atoms with van der Waals surface area (Å²) in [6.45, 7) is 3.98. The molecule has 2 aromatic rings. The van der Waals surface area contributed by atoms with Crippen molar-refractivity contribution in [3.8, 4) is 0 Å². The van der Waals surface area contributed by atoms with E-state index in [2.05, 4.69) is 10.6 Å². The number of para-hydroxylation sites is 1. The summed E-state index contributed by atoms with van der Waals surface area (Å²) in [6, 6.07) is 14.8. The number of likely N-dealkylation sites (tertiary alicyclic amines) is 1. The number of halogens is 1. The van der Waals surface area contributed by atoms with E-state index in [0.29, 0.717) is 29.4 Å². The number of piperidine rings is 1. The van der Waals surface area contributed by atoms with Crippen LogP contribution < -0.4 is 10.6 Å². The molecule has 3 rings (SSSR count). The second-order valence-corrected chi connectivity index (χ2v) is 7.09. The Kier molecular flexibility index (Phi) is 6.35. The van der Waals surface area contributed by atoms with Gasteiger partial charge in [0.2, 0.25) is 0 Å². The zero-order valence-corrected chi connectivity index (χ0v) is 16.1. The standard InChI is InChI=1S/C21H24ClN3O2/c1-2-23-21(27)25-12-6-9-17(14-25)15-7-5-8-16(13-15)20(26)24-19-11-4-3-10-18(19)22/h3-5,7-8,10-11,13,17H,2,6,9,12,14H2,1H3,(H,23,27)(H,24,26)/t17-/m0/s1. The second-order valence-electron chi connectivity index (χ2n) is 6.68. The topological polar surface area (TPSA) is 61.4 Å². The molecule has 0 bridgehead atoms. The first-order valence-corrected chi connectivity index (χ1v) is 9.65. The number of nitrogens with zero attached hydrogens (tertiary/aromatic N) is 1. The molecule has 5 nitrogen and oxygen atoms in total. The molecule has 1 fully saturated rings. The second kappa shape index (κ2) is 8.91. The van der Waals surface area contributed by atoms with E-state index in [0.717, 1.165) is 24.9 Å². The molecule has 2 N–H and O–H groups in total. The van der Waals surface area contributed by atoms with Crippen LogP contribution in [0.15, 0.2) is 48.5 Å². The SMILES string of the molecule is CCNC(=O)N1CCC[C@H](c2cccc(C(=O)Nc3ccccc3Cl)c2)C1. The third-order valence-corrected chi connectivity index (χ3v) is 5.11. The van der Waals surface area contributed by atoms with E-state index >= 15 is 0 Å². The fourth-order valence-electron chi connectivity index (χ4n) is 3.39. The summed E-state index contributed by atoms with van der Waals surface area (Å²) in [5, 5.41) is 6.22. The van der Waals surface area contributed by atoms with Crippen LogP contribution in [0.3, 0.4) is 0 Å². The molecule has 142 valence electrons. The quantitative estimate of drug-likeness (QED) is 0.813. The van der Waals surface area contributed by atoms with Gasteiger partial charge in [0, 0.05) is 31.1 Å². The predicted molar refractivity (Wildman–Crippen MR) is 108 cm³/mol. The van der Waals surface area contributed by atoms with Gasteiger partial charge in [-0.15, -0.1) is 0 Å². The van der Waals surface area contributed by atoms with Crippen molar-refractivity contribution in [3.63, 3.8) is 0 Å². The summed E-state index contributed by atoms with van der Waals surface area (Å²) in [4.78, 5) is 26.6. The molecule has 0 aliphatic carbocycles. The first kappa shape index (κ1) is 19.2. The molecule has 2 aromatic carbocycles. The maximum absolute atomic E-state index is 12.6. The summed E-state index contributed by atoms with van der Waals surface area (Å²) >= 11 is 6.12. The van der Waals surface area contributed by atoms with E-state index in [1.807, 2.05) is 42.2 Å². The van der Waals surface area contributed by atoms with Crippen molar-refractivity contribution in [2.24, 2.45) is 0 Å². The Balaban J connectivity index is 1.72. The zero-order chi connectivity index (χ0) is 19.2. The van der Waals surface area contributed by atoms with Crippen LogP contribution in [-0.2, 0) is 0 Å². The average Bonchev–Trinajstić information content (AvgIpc) is 2.70. The number of rotatable bonds is 4. The summed E-state index contributed by atoms with van der Waals surface area (Å²) < 4.78 is 0. The Morgan fingerprint density at radius 3 is 2.78 bits per heavy atom. The molecule has 0 radical (unpaired) electrons.